The molecule has 0 aliphatic rings. The average Bonchev–Trinajstić information content (AvgIpc) is 3.34. The highest BCUT2D eigenvalue weighted by Crippen LogP contribution is 2.32. The number of nitrogens with zero attached hydrogens (tertiary/aromatic N) is 1. The highest BCUT2D eigenvalue weighted by atomic mass is 16.3. The van der Waals surface area contributed by atoms with Crippen LogP contribution >= 0.6 is 0 Å². The topological polar surface area (TPSA) is 70.9 Å². The molecule has 2 N–H and O–H groups in total. The van der Waals surface area contributed by atoms with Gasteiger partial charge in [0.1, 0.15) is 5.65 Å². The van der Waals surface area contributed by atoms with Gasteiger partial charge >= 0.3 is 0 Å². The Bertz CT molecular complexity index is 1050. The van der Waals surface area contributed by atoms with E-state index in [1.807, 2.05) is 43.5 Å². The summed E-state index contributed by atoms with van der Waals surface area (Å²) in [5.74, 6) is -0.0633. The fourth-order valence-corrected chi connectivity index (χ4v) is 3.07. The molecule has 0 spiro atoms. The van der Waals surface area contributed by atoms with E-state index in [0.717, 1.165) is 39.7 Å². The van der Waals surface area contributed by atoms with Gasteiger partial charge in [-0.25, -0.2) is 4.98 Å². The van der Waals surface area contributed by atoms with Crippen molar-refractivity contribution in [1.29, 1.82) is 0 Å². The standard InChI is InChI=1S/C21H19N3O2/c1-2-8-22-21(25)17-6-4-3-5-16(17)15-10-18-19(14-7-9-26-13-14)12-24-20(18)23-11-15/h3-7,9-13H,2,8H2,1H3,(H,22,25)(H,23,24). The van der Waals surface area contributed by atoms with Gasteiger partial charge < -0.3 is 14.7 Å². The molecule has 4 aromatic rings. The van der Waals surface area contributed by atoms with Gasteiger partial charge in [-0.15, -0.1) is 0 Å². The SMILES string of the molecule is CCCNC(=O)c1ccccc1-c1cnc2[nH]cc(-c3ccoc3)c2c1. The zero-order valence-corrected chi connectivity index (χ0v) is 14.5. The molecule has 0 aliphatic carbocycles. The maximum atomic E-state index is 12.5. The summed E-state index contributed by atoms with van der Waals surface area (Å²) >= 11 is 0. The smallest absolute Gasteiger partial charge is 0.251 e. The molecule has 0 saturated heterocycles. The van der Waals surface area contributed by atoms with Gasteiger partial charge in [-0.2, -0.15) is 0 Å². The highest BCUT2D eigenvalue weighted by molar-refractivity contribution is 6.02. The number of benzene rings is 1. The number of carbonyl (C=O) groups is 1. The number of carbonyl (C=O) groups excluding carboxylic acids is 1. The molecule has 26 heavy (non-hydrogen) atoms. The van der Waals surface area contributed by atoms with Crippen molar-refractivity contribution in [3.8, 4) is 22.3 Å². The van der Waals surface area contributed by atoms with Gasteiger partial charge in [-0.1, -0.05) is 25.1 Å². The fraction of sp³-hybridized carbons (Fsp3) is 0.143. The molecule has 5 heteroatoms. The molecule has 0 radical (unpaired) electrons. The Kier molecular flexibility index (Phi) is 4.27. The van der Waals surface area contributed by atoms with E-state index in [1.165, 1.54) is 0 Å². The van der Waals surface area contributed by atoms with Crippen LogP contribution in [-0.2, 0) is 0 Å². The number of fused-ring (bicyclic) bond motifs is 1. The van der Waals surface area contributed by atoms with Crippen molar-refractivity contribution in [2.24, 2.45) is 0 Å². The molecule has 0 atom stereocenters. The second kappa shape index (κ2) is 6.88. The third kappa shape index (κ3) is 2.88. The Balaban J connectivity index is 1.80. The minimum atomic E-state index is -0.0633. The zero-order valence-electron chi connectivity index (χ0n) is 14.5. The van der Waals surface area contributed by atoms with Crippen LogP contribution in [0.2, 0.25) is 0 Å². The second-order valence-corrected chi connectivity index (χ2v) is 6.14. The summed E-state index contributed by atoms with van der Waals surface area (Å²) < 4.78 is 5.20. The minimum Gasteiger partial charge on any atom is -0.472 e. The molecular formula is C21H19N3O2. The van der Waals surface area contributed by atoms with Gasteiger partial charge in [-0.05, 0) is 30.2 Å². The maximum Gasteiger partial charge on any atom is 0.251 e. The van der Waals surface area contributed by atoms with E-state index >= 15 is 0 Å². The molecule has 0 bridgehead atoms. The highest BCUT2D eigenvalue weighted by Gasteiger charge is 2.14. The van der Waals surface area contributed by atoms with Crippen LogP contribution in [0.5, 0.6) is 0 Å². The van der Waals surface area contributed by atoms with E-state index < -0.39 is 0 Å². The van der Waals surface area contributed by atoms with E-state index in [1.54, 1.807) is 18.7 Å². The van der Waals surface area contributed by atoms with Crippen molar-refractivity contribution < 1.29 is 9.21 Å². The average molecular weight is 345 g/mol. The van der Waals surface area contributed by atoms with Crippen LogP contribution in [0.3, 0.4) is 0 Å². The lowest BCUT2D eigenvalue weighted by atomic mass is 9.98. The predicted molar refractivity (Wildman–Crippen MR) is 102 cm³/mol. The number of hydrogen-bond donors (Lipinski definition) is 2. The Morgan fingerprint density at radius 2 is 2.08 bits per heavy atom. The van der Waals surface area contributed by atoms with Crippen molar-refractivity contribution in [1.82, 2.24) is 15.3 Å². The molecule has 0 saturated carbocycles. The monoisotopic (exact) mass is 345 g/mol. The molecule has 1 amide bonds. The summed E-state index contributed by atoms with van der Waals surface area (Å²) in [6, 6.07) is 11.6. The van der Waals surface area contributed by atoms with Crippen LogP contribution in [0, 0.1) is 0 Å². The number of aromatic nitrogens is 2. The molecular weight excluding hydrogens is 326 g/mol. The zero-order chi connectivity index (χ0) is 17.9. The van der Waals surface area contributed by atoms with Crippen LogP contribution < -0.4 is 5.32 Å². The number of amides is 1. The summed E-state index contributed by atoms with van der Waals surface area (Å²) in [4.78, 5) is 20.2. The van der Waals surface area contributed by atoms with E-state index in [9.17, 15) is 4.79 Å². The predicted octanol–water partition coefficient (Wildman–Crippen LogP) is 4.63. The van der Waals surface area contributed by atoms with Crippen molar-refractivity contribution in [3.05, 3.63) is 66.9 Å². The molecule has 3 aromatic heterocycles. The van der Waals surface area contributed by atoms with Crippen LogP contribution in [0.1, 0.15) is 23.7 Å². The lowest BCUT2D eigenvalue weighted by molar-refractivity contribution is 0.0954. The van der Waals surface area contributed by atoms with Gasteiger partial charge in [0.25, 0.3) is 5.91 Å². The normalized spacial score (nSPS) is 11.0. The first-order valence-corrected chi connectivity index (χ1v) is 8.65. The Labute approximate surface area is 151 Å². The lowest BCUT2D eigenvalue weighted by Gasteiger charge is -2.10. The first kappa shape index (κ1) is 16.1. The minimum absolute atomic E-state index is 0.0633. The number of nitrogens with one attached hydrogen (secondary N) is 2. The number of pyridine rings is 1. The van der Waals surface area contributed by atoms with Gasteiger partial charge in [0.2, 0.25) is 0 Å². The molecule has 3 heterocycles. The second-order valence-electron chi connectivity index (χ2n) is 6.14. The summed E-state index contributed by atoms with van der Waals surface area (Å²) in [5.41, 5.74) is 5.25. The Morgan fingerprint density at radius 3 is 2.88 bits per heavy atom. The Morgan fingerprint density at radius 1 is 1.19 bits per heavy atom. The van der Waals surface area contributed by atoms with E-state index in [4.69, 9.17) is 4.42 Å². The van der Waals surface area contributed by atoms with Gasteiger partial charge in [0, 0.05) is 46.6 Å². The summed E-state index contributed by atoms with van der Waals surface area (Å²) in [5, 5.41) is 3.94. The van der Waals surface area contributed by atoms with Crippen LogP contribution in [-0.4, -0.2) is 22.4 Å². The molecule has 0 fully saturated rings. The van der Waals surface area contributed by atoms with Crippen molar-refractivity contribution in [3.63, 3.8) is 0 Å². The van der Waals surface area contributed by atoms with Crippen LogP contribution in [0.4, 0.5) is 0 Å². The summed E-state index contributed by atoms with van der Waals surface area (Å²) in [7, 11) is 0. The molecule has 130 valence electrons. The molecule has 1 aromatic carbocycles. The maximum absolute atomic E-state index is 12.5. The fourth-order valence-electron chi connectivity index (χ4n) is 3.07. The number of furan rings is 1. The van der Waals surface area contributed by atoms with Crippen LogP contribution in [0.15, 0.2) is 65.7 Å². The van der Waals surface area contributed by atoms with E-state index in [2.05, 4.69) is 21.4 Å². The largest absolute Gasteiger partial charge is 0.472 e. The summed E-state index contributed by atoms with van der Waals surface area (Å²) in [6.45, 7) is 2.69. The third-order valence-corrected chi connectivity index (χ3v) is 4.38. The third-order valence-electron chi connectivity index (χ3n) is 4.38. The van der Waals surface area contributed by atoms with Crippen LogP contribution in [0.25, 0.3) is 33.3 Å². The number of rotatable bonds is 5. The first-order chi connectivity index (χ1) is 12.8. The van der Waals surface area contributed by atoms with E-state index in [-0.39, 0.29) is 5.91 Å². The number of aromatic amines is 1. The van der Waals surface area contributed by atoms with Gasteiger partial charge in [0.05, 0.1) is 12.5 Å². The summed E-state index contributed by atoms with van der Waals surface area (Å²) in [6.07, 6.45) is 7.98. The number of hydrogen-bond acceptors (Lipinski definition) is 3. The Hall–Kier alpha value is -3.34. The van der Waals surface area contributed by atoms with Crippen molar-refractivity contribution in [2.75, 3.05) is 6.54 Å². The lowest BCUT2D eigenvalue weighted by Crippen LogP contribution is -2.24. The number of H-pyrrole nitrogens is 1. The quantitative estimate of drug-likeness (QED) is 0.554. The molecule has 4 rings (SSSR count). The van der Waals surface area contributed by atoms with Gasteiger partial charge in [-0.3, -0.25) is 4.79 Å². The van der Waals surface area contributed by atoms with E-state index in [0.29, 0.717) is 12.1 Å². The molecule has 0 aliphatic heterocycles. The van der Waals surface area contributed by atoms with Crippen molar-refractivity contribution in [2.45, 2.75) is 13.3 Å². The first-order valence-electron chi connectivity index (χ1n) is 8.65. The van der Waals surface area contributed by atoms with Crippen molar-refractivity contribution >= 4 is 16.9 Å². The van der Waals surface area contributed by atoms with Gasteiger partial charge in [0.15, 0.2) is 0 Å². The molecule has 0 unspecified atom stereocenters. The molecule has 5 nitrogen and oxygen atoms in total.